The van der Waals surface area contributed by atoms with Crippen LogP contribution in [0.1, 0.15) is 16.7 Å². The van der Waals surface area contributed by atoms with Crippen molar-refractivity contribution in [2.24, 2.45) is 0 Å². The number of esters is 1. The van der Waals surface area contributed by atoms with Crippen LogP contribution in [-0.2, 0) is 16.1 Å². The maximum absolute atomic E-state index is 10.9. The number of aromatic hydroxyl groups is 1. The highest BCUT2D eigenvalue weighted by atomic mass is 16.5. The van der Waals surface area contributed by atoms with Gasteiger partial charge < -0.3 is 9.84 Å². The second-order valence-corrected chi connectivity index (χ2v) is 3.38. The van der Waals surface area contributed by atoms with Crippen molar-refractivity contribution in [1.29, 1.82) is 0 Å². The molecule has 0 aliphatic carbocycles. The first-order valence-corrected chi connectivity index (χ1v) is 4.63. The number of phenols is 1. The minimum atomic E-state index is -0.444. The number of ether oxygens (including phenoxy) is 1. The fraction of sp³-hybridized carbons (Fsp3) is 0.250. The van der Waals surface area contributed by atoms with E-state index in [0.29, 0.717) is 0 Å². The van der Waals surface area contributed by atoms with Gasteiger partial charge in [0.15, 0.2) is 0 Å². The topological polar surface area (TPSA) is 46.5 Å². The Morgan fingerprint density at radius 1 is 1.47 bits per heavy atom. The van der Waals surface area contributed by atoms with E-state index in [4.69, 9.17) is 4.74 Å². The van der Waals surface area contributed by atoms with Crippen molar-refractivity contribution in [1.82, 2.24) is 0 Å². The predicted octanol–water partition coefficient (Wildman–Crippen LogP) is 2.24. The summed E-state index contributed by atoms with van der Waals surface area (Å²) in [7, 11) is 0. The van der Waals surface area contributed by atoms with Gasteiger partial charge in [0.25, 0.3) is 0 Å². The highest BCUT2D eigenvalue weighted by molar-refractivity contribution is 5.81. The van der Waals surface area contributed by atoms with Gasteiger partial charge in [-0.25, -0.2) is 4.79 Å². The van der Waals surface area contributed by atoms with Crippen molar-refractivity contribution in [3.05, 3.63) is 41.5 Å². The third-order valence-electron chi connectivity index (χ3n) is 2.19. The standard InChI is InChI=1S/C12H14O3/c1-4-12(14)15-7-10-5-9(3)11(13)6-8(10)2/h4-6,13H,1,7H2,2-3H3. The van der Waals surface area contributed by atoms with Crippen molar-refractivity contribution in [3.8, 4) is 5.75 Å². The normalized spacial score (nSPS) is 9.73. The molecule has 0 unspecified atom stereocenters. The molecule has 1 N–H and O–H groups in total. The van der Waals surface area contributed by atoms with Crippen LogP contribution in [0.2, 0.25) is 0 Å². The van der Waals surface area contributed by atoms with Gasteiger partial charge in [-0.3, -0.25) is 0 Å². The third kappa shape index (κ3) is 2.84. The number of hydrogen-bond donors (Lipinski definition) is 1. The lowest BCUT2D eigenvalue weighted by Crippen LogP contribution is -2.02. The van der Waals surface area contributed by atoms with E-state index in [-0.39, 0.29) is 12.4 Å². The van der Waals surface area contributed by atoms with Gasteiger partial charge in [-0.1, -0.05) is 6.58 Å². The lowest BCUT2D eigenvalue weighted by Gasteiger charge is -2.08. The first-order chi connectivity index (χ1) is 7.04. The van der Waals surface area contributed by atoms with Crippen LogP contribution >= 0.6 is 0 Å². The molecule has 0 amide bonds. The zero-order chi connectivity index (χ0) is 11.4. The largest absolute Gasteiger partial charge is 0.508 e. The van der Waals surface area contributed by atoms with E-state index >= 15 is 0 Å². The molecule has 0 saturated heterocycles. The number of rotatable bonds is 3. The molecule has 0 radical (unpaired) electrons. The minimum absolute atomic E-state index is 0.206. The monoisotopic (exact) mass is 206 g/mol. The Kier molecular flexibility index (Phi) is 3.50. The van der Waals surface area contributed by atoms with Crippen LogP contribution in [0.25, 0.3) is 0 Å². The van der Waals surface area contributed by atoms with Crippen LogP contribution in [-0.4, -0.2) is 11.1 Å². The first kappa shape index (κ1) is 11.3. The molecular weight excluding hydrogens is 192 g/mol. The van der Waals surface area contributed by atoms with Gasteiger partial charge in [0.2, 0.25) is 0 Å². The highest BCUT2D eigenvalue weighted by Gasteiger charge is 2.05. The molecule has 80 valence electrons. The number of carbonyl (C=O) groups is 1. The summed E-state index contributed by atoms with van der Waals surface area (Å²) in [6.07, 6.45) is 1.13. The Morgan fingerprint density at radius 3 is 2.73 bits per heavy atom. The van der Waals surface area contributed by atoms with E-state index in [9.17, 15) is 9.90 Å². The summed E-state index contributed by atoms with van der Waals surface area (Å²) in [6, 6.07) is 3.47. The van der Waals surface area contributed by atoms with Crippen molar-refractivity contribution in [2.75, 3.05) is 0 Å². The van der Waals surface area contributed by atoms with Crippen molar-refractivity contribution >= 4 is 5.97 Å². The van der Waals surface area contributed by atoms with Crippen LogP contribution < -0.4 is 0 Å². The molecule has 0 aromatic heterocycles. The van der Waals surface area contributed by atoms with Crippen LogP contribution in [0.5, 0.6) is 5.75 Å². The van der Waals surface area contributed by atoms with Crippen LogP contribution in [0.15, 0.2) is 24.8 Å². The van der Waals surface area contributed by atoms with Gasteiger partial charge in [-0.05, 0) is 42.7 Å². The number of carbonyl (C=O) groups excluding carboxylic acids is 1. The summed E-state index contributed by atoms with van der Waals surface area (Å²) < 4.78 is 4.91. The average molecular weight is 206 g/mol. The summed E-state index contributed by atoms with van der Waals surface area (Å²) in [6.45, 7) is 7.18. The van der Waals surface area contributed by atoms with E-state index in [1.165, 1.54) is 0 Å². The molecule has 0 heterocycles. The maximum Gasteiger partial charge on any atom is 0.330 e. The first-order valence-electron chi connectivity index (χ1n) is 4.63. The minimum Gasteiger partial charge on any atom is -0.508 e. The Hall–Kier alpha value is -1.77. The Morgan fingerprint density at radius 2 is 2.13 bits per heavy atom. The van der Waals surface area contributed by atoms with Gasteiger partial charge in [0.05, 0.1) is 0 Å². The Balaban J connectivity index is 2.81. The second-order valence-electron chi connectivity index (χ2n) is 3.38. The second kappa shape index (κ2) is 4.64. The summed E-state index contributed by atoms with van der Waals surface area (Å²) in [5.41, 5.74) is 2.56. The molecule has 0 fully saturated rings. The molecule has 3 nitrogen and oxygen atoms in total. The summed E-state index contributed by atoms with van der Waals surface area (Å²) in [5.74, 6) is -0.188. The number of hydrogen-bond acceptors (Lipinski definition) is 3. The van der Waals surface area contributed by atoms with Gasteiger partial charge in [-0.15, -0.1) is 0 Å². The molecule has 15 heavy (non-hydrogen) atoms. The molecule has 0 bridgehead atoms. The molecule has 1 rings (SSSR count). The van der Waals surface area contributed by atoms with E-state index in [1.807, 2.05) is 6.92 Å². The van der Waals surface area contributed by atoms with Crippen LogP contribution in [0, 0.1) is 13.8 Å². The third-order valence-corrected chi connectivity index (χ3v) is 2.19. The maximum atomic E-state index is 10.9. The van der Waals surface area contributed by atoms with Gasteiger partial charge in [0.1, 0.15) is 12.4 Å². The molecule has 0 aliphatic rings. The molecule has 3 heteroatoms. The number of phenolic OH excluding ortho intramolecular Hbond substituents is 1. The van der Waals surface area contributed by atoms with E-state index in [0.717, 1.165) is 22.8 Å². The van der Waals surface area contributed by atoms with Gasteiger partial charge in [0, 0.05) is 6.08 Å². The highest BCUT2D eigenvalue weighted by Crippen LogP contribution is 2.21. The molecular formula is C12H14O3. The average Bonchev–Trinajstić information content (AvgIpc) is 2.21. The SMILES string of the molecule is C=CC(=O)OCc1cc(C)c(O)cc1C. The van der Waals surface area contributed by atoms with E-state index in [2.05, 4.69) is 6.58 Å². The lowest BCUT2D eigenvalue weighted by molar-refractivity contribution is -0.138. The Labute approximate surface area is 89.0 Å². The zero-order valence-electron chi connectivity index (χ0n) is 8.91. The molecule has 0 aliphatic heterocycles. The van der Waals surface area contributed by atoms with Crippen molar-refractivity contribution < 1.29 is 14.6 Å². The molecule has 1 aromatic rings. The van der Waals surface area contributed by atoms with Crippen molar-refractivity contribution in [2.45, 2.75) is 20.5 Å². The fourth-order valence-corrected chi connectivity index (χ4v) is 1.22. The van der Waals surface area contributed by atoms with E-state index < -0.39 is 5.97 Å². The molecule has 1 aromatic carbocycles. The molecule has 0 saturated carbocycles. The van der Waals surface area contributed by atoms with Crippen molar-refractivity contribution in [3.63, 3.8) is 0 Å². The summed E-state index contributed by atoms with van der Waals surface area (Å²) in [5, 5.41) is 9.42. The van der Waals surface area contributed by atoms with E-state index in [1.54, 1.807) is 19.1 Å². The number of benzene rings is 1. The zero-order valence-corrected chi connectivity index (χ0v) is 8.91. The number of aryl methyl sites for hydroxylation is 2. The molecule has 0 spiro atoms. The quantitative estimate of drug-likeness (QED) is 0.609. The fourth-order valence-electron chi connectivity index (χ4n) is 1.22. The summed E-state index contributed by atoms with van der Waals surface area (Å²) in [4.78, 5) is 10.9. The van der Waals surface area contributed by atoms with Gasteiger partial charge >= 0.3 is 5.97 Å². The predicted molar refractivity (Wildman–Crippen MR) is 57.6 cm³/mol. The smallest absolute Gasteiger partial charge is 0.330 e. The van der Waals surface area contributed by atoms with Crippen LogP contribution in [0.4, 0.5) is 0 Å². The summed E-state index contributed by atoms with van der Waals surface area (Å²) >= 11 is 0. The lowest BCUT2D eigenvalue weighted by atomic mass is 10.1. The van der Waals surface area contributed by atoms with Crippen LogP contribution in [0.3, 0.4) is 0 Å². The Bertz CT molecular complexity index is 394. The molecule has 0 atom stereocenters. The van der Waals surface area contributed by atoms with Gasteiger partial charge in [-0.2, -0.15) is 0 Å².